The van der Waals surface area contributed by atoms with Crippen molar-refractivity contribution in [1.29, 1.82) is 0 Å². The van der Waals surface area contributed by atoms with Crippen LogP contribution in [0.5, 0.6) is 0 Å². The highest BCUT2D eigenvalue weighted by Crippen LogP contribution is 1.87. The van der Waals surface area contributed by atoms with Gasteiger partial charge in [-0.3, -0.25) is 0 Å². The number of hydrogen-bond acceptors (Lipinski definition) is 1. The van der Waals surface area contributed by atoms with E-state index in [1.165, 1.54) is 0 Å². The molecule has 0 aromatic rings. The maximum Gasteiger partial charge on any atom is 0.123 e. The molecule has 0 spiro atoms. The van der Waals surface area contributed by atoms with E-state index in [9.17, 15) is 0 Å². The van der Waals surface area contributed by atoms with Gasteiger partial charge in [0.15, 0.2) is 0 Å². The van der Waals surface area contributed by atoms with Crippen molar-refractivity contribution in [3.05, 3.63) is 23.9 Å². The summed E-state index contributed by atoms with van der Waals surface area (Å²) < 4.78 is 0. The summed E-state index contributed by atoms with van der Waals surface area (Å²) in [5.74, 6) is 0.554. The van der Waals surface area contributed by atoms with E-state index in [1.54, 1.807) is 6.20 Å². The van der Waals surface area contributed by atoms with Gasteiger partial charge in [0.25, 0.3) is 0 Å². The van der Waals surface area contributed by atoms with Gasteiger partial charge >= 0.3 is 0 Å². The van der Waals surface area contributed by atoms with Crippen LogP contribution in [0.25, 0.3) is 0 Å². The smallest absolute Gasteiger partial charge is 0.123 e. The molecule has 0 rings (SSSR count). The van der Waals surface area contributed by atoms with Crippen LogP contribution in [0.3, 0.4) is 0 Å². The summed E-state index contributed by atoms with van der Waals surface area (Å²) in [6.45, 7) is 5.87. The maximum atomic E-state index is 5.48. The number of amidine groups is 1. The summed E-state index contributed by atoms with van der Waals surface area (Å²) >= 11 is 0. The normalized spacial score (nSPS) is 12.1. The van der Waals surface area contributed by atoms with Crippen molar-refractivity contribution in [3.63, 3.8) is 0 Å². The number of hydrogen-bond donors (Lipinski definition) is 1. The maximum absolute atomic E-state index is 5.48. The van der Waals surface area contributed by atoms with Crippen LogP contribution >= 0.6 is 0 Å². The topological polar surface area (TPSA) is 38.4 Å². The predicted molar refractivity (Wildman–Crippen MR) is 45.9 cm³/mol. The lowest BCUT2D eigenvalue weighted by Gasteiger charge is -1.89. The summed E-state index contributed by atoms with van der Waals surface area (Å²) in [7, 11) is 0. The third-order valence-electron chi connectivity index (χ3n) is 0.809. The molecule has 0 aliphatic heterocycles. The molecule has 0 radical (unpaired) electrons. The molecule has 0 saturated heterocycles. The lowest BCUT2D eigenvalue weighted by molar-refractivity contribution is 1.38. The van der Waals surface area contributed by atoms with Gasteiger partial charge < -0.3 is 5.73 Å². The molecule has 56 valence electrons. The molecule has 0 aromatic heterocycles. The van der Waals surface area contributed by atoms with Gasteiger partial charge in [-0.15, -0.1) is 0 Å². The second-order valence-electron chi connectivity index (χ2n) is 2.26. The van der Waals surface area contributed by atoms with Crippen LogP contribution in [0.1, 0.15) is 20.8 Å². The molecule has 0 aliphatic carbocycles. The summed E-state index contributed by atoms with van der Waals surface area (Å²) in [5.41, 5.74) is 6.64. The molecule has 0 unspecified atom stereocenters. The van der Waals surface area contributed by atoms with Crippen LogP contribution in [0.4, 0.5) is 0 Å². The third-order valence-corrected chi connectivity index (χ3v) is 0.809. The summed E-state index contributed by atoms with van der Waals surface area (Å²) in [5, 5.41) is 0. The van der Waals surface area contributed by atoms with E-state index in [1.807, 2.05) is 32.9 Å². The van der Waals surface area contributed by atoms with Gasteiger partial charge in [-0.25, -0.2) is 4.99 Å². The fourth-order valence-electron chi connectivity index (χ4n) is 0.494. The van der Waals surface area contributed by atoms with E-state index in [0.29, 0.717) is 5.84 Å². The van der Waals surface area contributed by atoms with Gasteiger partial charge in [0.2, 0.25) is 0 Å². The van der Waals surface area contributed by atoms with E-state index in [0.717, 1.165) is 5.57 Å². The molecule has 2 heteroatoms. The minimum Gasteiger partial charge on any atom is -0.384 e. The van der Waals surface area contributed by atoms with Crippen LogP contribution in [0.15, 0.2) is 28.9 Å². The molecule has 0 aliphatic rings. The Kier molecular flexibility index (Phi) is 4.29. The molecule has 0 heterocycles. The van der Waals surface area contributed by atoms with Crippen molar-refractivity contribution in [2.24, 2.45) is 10.7 Å². The minimum absolute atomic E-state index is 0.554. The Bertz CT molecular complexity index is 172. The lowest BCUT2D eigenvalue weighted by atomic mass is 10.3. The zero-order chi connectivity index (χ0) is 7.98. The largest absolute Gasteiger partial charge is 0.384 e. The molecule has 0 amide bonds. The number of nitrogens with zero attached hydrogens (tertiary/aromatic N) is 1. The van der Waals surface area contributed by atoms with Gasteiger partial charge in [0.05, 0.1) is 0 Å². The molecule has 10 heavy (non-hydrogen) atoms. The summed E-state index contributed by atoms with van der Waals surface area (Å²) in [6.07, 6.45) is 5.35. The highest BCUT2D eigenvalue weighted by atomic mass is 14.8. The van der Waals surface area contributed by atoms with Crippen molar-refractivity contribution in [2.45, 2.75) is 20.8 Å². The van der Waals surface area contributed by atoms with Crippen LogP contribution in [-0.4, -0.2) is 5.84 Å². The molecule has 0 bridgehead atoms. The average Bonchev–Trinajstić information content (AvgIpc) is 1.82. The summed E-state index contributed by atoms with van der Waals surface area (Å²) in [4.78, 5) is 3.92. The molecule has 0 atom stereocenters. The Morgan fingerprint density at radius 3 is 2.40 bits per heavy atom. The minimum atomic E-state index is 0.554. The molecule has 0 aromatic carbocycles. The van der Waals surface area contributed by atoms with Crippen molar-refractivity contribution >= 4 is 5.84 Å². The Morgan fingerprint density at radius 2 is 2.00 bits per heavy atom. The van der Waals surface area contributed by atoms with Crippen molar-refractivity contribution in [2.75, 3.05) is 0 Å². The fraction of sp³-hybridized carbons (Fsp3) is 0.375. The number of rotatable bonds is 2. The second-order valence-corrected chi connectivity index (χ2v) is 2.26. The van der Waals surface area contributed by atoms with Crippen LogP contribution < -0.4 is 5.73 Å². The first-order valence-corrected chi connectivity index (χ1v) is 3.26. The van der Waals surface area contributed by atoms with Crippen LogP contribution in [0.2, 0.25) is 0 Å². The van der Waals surface area contributed by atoms with E-state index in [-0.39, 0.29) is 0 Å². The van der Waals surface area contributed by atoms with E-state index in [2.05, 4.69) is 4.99 Å². The molecule has 2 nitrogen and oxygen atoms in total. The van der Waals surface area contributed by atoms with Gasteiger partial charge in [-0.2, -0.15) is 0 Å². The molecule has 0 fully saturated rings. The molecule has 0 saturated carbocycles. The Balaban J connectivity index is 4.08. The fourth-order valence-corrected chi connectivity index (χ4v) is 0.494. The molecular weight excluding hydrogens is 124 g/mol. The Hall–Kier alpha value is -1.05. The zero-order valence-electron chi connectivity index (χ0n) is 6.76. The number of allylic oxidation sites excluding steroid dienone is 2. The Labute approximate surface area is 62.1 Å². The predicted octanol–water partition coefficient (Wildman–Crippen LogP) is 1.84. The highest BCUT2D eigenvalue weighted by molar-refractivity contribution is 5.92. The SMILES string of the molecule is CC=CN=C(N)C=C(C)C. The quantitative estimate of drug-likeness (QED) is 0.459. The Morgan fingerprint density at radius 1 is 1.40 bits per heavy atom. The number of nitrogens with two attached hydrogens (primary N) is 1. The monoisotopic (exact) mass is 138 g/mol. The summed E-state index contributed by atoms with van der Waals surface area (Å²) in [6, 6.07) is 0. The first-order chi connectivity index (χ1) is 4.66. The van der Waals surface area contributed by atoms with Gasteiger partial charge in [-0.05, 0) is 26.8 Å². The van der Waals surface area contributed by atoms with E-state index in [4.69, 9.17) is 5.73 Å². The third kappa shape index (κ3) is 5.09. The lowest BCUT2D eigenvalue weighted by Crippen LogP contribution is -2.06. The second kappa shape index (κ2) is 4.79. The first kappa shape index (κ1) is 8.95. The van der Waals surface area contributed by atoms with E-state index >= 15 is 0 Å². The van der Waals surface area contributed by atoms with Gasteiger partial charge in [-0.1, -0.05) is 11.6 Å². The van der Waals surface area contributed by atoms with E-state index < -0.39 is 0 Å². The standard InChI is InChI=1S/C8H14N2/c1-4-5-10-8(9)6-7(2)3/h4-6H,1-3H3,(H2,9,10). The van der Waals surface area contributed by atoms with Gasteiger partial charge in [0.1, 0.15) is 5.84 Å². The van der Waals surface area contributed by atoms with Crippen LogP contribution in [-0.2, 0) is 0 Å². The molecule has 2 N–H and O–H groups in total. The van der Waals surface area contributed by atoms with Crippen molar-refractivity contribution in [1.82, 2.24) is 0 Å². The zero-order valence-corrected chi connectivity index (χ0v) is 6.76. The van der Waals surface area contributed by atoms with Gasteiger partial charge in [0, 0.05) is 6.20 Å². The van der Waals surface area contributed by atoms with Crippen LogP contribution in [0, 0.1) is 0 Å². The number of aliphatic imine (C=N–C) groups is 1. The van der Waals surface area contributed by atoms with Crippen molar-refractivity contribution in [3.8, 4) is 0 Å². The van der Waals surface area contributed by atoms with Crippen molar-refractivity contribution < 1.29 is 0 Å². The first-order valence-electron chi connectivity index (χ1n) is 3.26. The average molecular weight is 138 g/mol. The highest BCUT2D eigenvalue weighted by Gasteiger charge is 1.81. The molecular formula is C8H14N2.